The molecule has 0 atom stereocenters. The number of halogens is 1. The van der Waals surface area contributed by atoms with Gasteiger partial charge in [-0.25, -0.2) is 9.78 Å². The molecule has 0 unspecified atom stereocenters. The monoisotopic (exact) mass is 293 g/mol. The van der Waals surface area contributed by atoms with Crippen molar-refractivity contribution in [2.75, 3.05) is 5.32 Å². The molecule has 5 nitrogen and oxygen atoms in total. The molecule has 0 radical (unpaired) electrons. The lowest BCUT2D eigenvalue weighted by Crippen LogP contribution is -1.99. The van der Waals surface area contributed by atoms with Crippen LogP contribution in [-0.2, 0) is 0 Å². The van der Waals surface area contributed by atoms with E-state index in [1.54, 1.807) is 19.1 Å². The number of benzene rings is 1. The number of carboxylic acids is 1. The lowest BCUT2D eigenvalue weighted by atomic mass is 10.2. The highest BCUT2D eigenvalue weighted by Crippen LogP contribution is 2.29. The highest BCUT2D eigenvalue weighted by Gasteiger charge is 2.14. The Hall–Kier alpha value is -2.10. The normalized spacial score (nSPS) is 9.95. The second-order valence-corrected chi connectivity index (χ2v) is 5.27. The first-order valence-corrected chi connectivity index (χ1v) is 6.38. The van der Waals surface area contributed by atoms with E-state index in [9.17, 15) is 4.79 Å². The van der Waals surface area contributed by atoms with Gasteiger partial charge in [-0.3, -0.25) is 0 Å². The number of nitrogens with one attached hydrogen (secondary N) is 1. The van der Waals surface area contributed by atoms with Gasteiger partial charge in [-0.15, -0.1) is 11.3 Å². The van der Waals surface area contributed by atoms with E-state index in [1.807, 2.05) is 6.07 Å². The molecule has 0 aliphatic heterocycles. The molecular formula is C12H8ClN3O2S. The van der Waals surface area contributed by atoms with E-state index in [0.717, 1.165) is 0 Å². The summed E-state index contributed by atoms with van der Waals surface area (Å²) < 4.78 is 0. The van der Waals surface area contributed by atoms with Crippen molar-refractivity contribution in [1.29, 1.82) is 5.26 Å². The fraction of sp³-hybridized carbons (Fsp3) is 0.0833. The first kappa shape index (κ1) is 13.3. The van der Waals surface area contributed by atoms with Crippen molar-refractivity contribution in [3.8, 4) is 6.07 Å². The predicted octanol–water partition coefficient (Wildman–Crippen LogP) is 3.42. The van der Waals surface area contributed by atoms with Gasteiger partial charge in [-0.2, -0.15) is 5.26 Å². The van der Waals surface area contributed by atoms with Crippen LogP contribution in [0.2, 0.25) is 5.02 Å². The van der Waals surface area contributed by atoms with Crippen LogP contribution in [0.4, 0.5) is 10.8 Å². The summed E-state index contributed by atoms with van der Waals surface area (Å²) in [6, 6.07) is 6.78. The van der Waals surface area contributed by atoms with Crippen molar-refractivity contribution in [2.45, 2.75) is 6.92 Å². The molecule has 2 N–H and O–H groups in total. The van der Waals surface area contributed by atoms with E-state index in [1.165, 1.54) is 17.4 Å². The SMILES string of the molecule is Cc1sc(Nc2ccc(C#N)cc2Cl)nc1C(=O)O. The van der Waals surface area contributed by atoms with Crippen molar-refractivity contribution in [3.05, 3.63) is 39.4 Å². The summed E-state index contributed by atoms with van der Waals surface area (Å²) in [5, 5.41) is 21.4. The van der Waals surface area contributed by atoms with Crippen LogP contribution in [-0.4, -0.2) is 16.1 Å². The largest absolute Gasteiger partial charge is 0.476 e. The third-order valence-electron chi connectivity index (χ3n) is 2.34. The van der Waals surface area contributed by atoms with Gasteiger partial charge in [0.05, 0.1) is 22.3 Å². The molecule has 2 rings (SSSR count). The zero-order chi connectivity index (χ0) is 14.0. The zero-order valence-corrected chi connectivity index (χ0v) is 11.3. The smallest absolute Gasteiger partial charge is 0.355 e. The summed E-state index contributed by atoms with van der Waals surface area (Å²) in [4.78, 5) is 15.5. The van der Waals surface area contributed by atoms with Crippen LogP contribution < -0.4 is 5.32 Å². The number of anilines is 2. The molecule has 0 amide bonds. The van der Waals surface area contributed by atoms with Gasteiger partial charge in [0, 0.05) is 4.88 Å². The fourth-order valence-corrected chi connectivity index (χ4v) is 2.49. The number of aromatic carboxylic acids is 1. The number of carboxylic acid groups (broad SMARTS) is 1. The number of aromatic nitrogens is 1. The molecular weight excluding hydrogens is 286 g/mol. The Morgan fingerprint density at radius 3 is 2.84 bits per heavy atom. The molecule has 1 aromatic carbocycles. The standard InChI is InChI=1S/C12H8ClN3O2S/c1-6-10(11(17)18)16-12(19-6)15-9-3-2-7(5-14)4-8(9)13/h2-4H,1H3,(H,15,16)(H,17,18). The summed E-state index contributed by atoms with van der Waals surface area (Å²) >= 11 is 7.24. The van der Waals surface area contributed by atoms with Crippen LogP contribution in [0, 0.1) is 18.3 Å². The number of rotatable bonds is 3. The van der Waals surface area contributed by atoms with Crippen molar-refractivity contribution in [3.63, 3.8) is 0 Å². The van der Waals surface area contributed by atoms with Crippen molar-refractivity contribution in [1.82, 2.24) is 4.98 Å². The molecule has 7 heteroatoms. The summed E-state index contributed by atoms with van der Waals surface area (Å²) in [5.41, 5.74) is 1.06. The van der Waals surface area contributed by atoms with Gasteiger partial charge in [-0.05, 0) is 25.1 Å². The van der Waals surface area contributed by atoms with Crippen LogP contribution >= 0.6 is 22.9 Å². The van der Waals surface area contributed by atoms with Crippen LogP contribution in [0.3, 0.4) is 0 Å². The molecule has 19 heavy (non-hydrogen) atoms. The molecule has 1 heterocycles. The average molecular weight is 294 g/mol. The third kappa shape index (κ3) is 2.84. The first-order valence-electron chi connectivity index (χ1n) is 5.18. The maximum atomic E-state index is 10.9. The Kier molecular flexibility index (Phi) is 3.69. The Morgan fingerprint density at radius 2 is 2.32 bits per heavy atom. The topological polar surface area (TPSA) is 86.0 Å². The number of hydrogen-bond donors (Lipinski definition) is 2. The molecule has 0 saturated heterocycles. The van der Waals surface area contributed by atoms with E-state index >= 15 is 0 Å². The molecule has 96 valence electrons. The Labute approximate surface area is 118 Å². The molecule has 0 spiro atoms. The lowest BCUT2D eigenvalue weighted by molar-refractivity contribution is 0.0690. The van der Waals surface area contributed by atoms with Crippen LogP contribution in [0.25, 0.3) is 0 Å². The number of aryl methyl sites for hydroxylation is 1. The van der Waals surface area contributed by atoms with E-state index in [0.29, 0.717) is 26.3 Å². The Balaban J connectivity index is 2.29. The Bertz CT molecular complexity index is 691. The summed E-state index contributed by atoms with van der Waals surface area (Å²) in [7, 11) is 0. The molecule has 1 aromatic heterocycles. The van der Waals surface area contributed by atoms with E-state index in [-0.39, 0.29) is 5.69 Å². The minimum absolute atomic E-state index is 0.0252. The number of hydrogen-bond acceptors (Lipinski definition) is 5. The van der Waals surface area contributed by atoms with Crippen molar-refractivity contribution >= 4 is 39.7 Å². The molecule has 0 bridgehead atoms. The zero-order valence-electron chi connectivity index (χ0n) is 9.77. The van der Waals surface area contributed by atoms with Gasteiger partial charge in [0.15, 0.2) is 10.8 Å². The summed E-state index contributed by atoms with van der Waals surface area (Å²) in [6.07, 6.45) is 0. The van der Waals surface area contributed by atoms with Crippen LogP contribution in [0.15, 0.2) is 18.2 Å². The second-order valence-electron chi connectivity index (χ2n) is 3.66. The van der Waals surface area contributed by atoms with Crippen molar-refractivity contribution in [2.24, 2.45) is 0 Å². The lowest BCUT2D eigenvalue weighted by Gasteiger charge is -2.04. The van der Waals surface area contributed by atoms with Crippen LogP contribution in [0.1, 0.15) is 20.9 Å². The molecule has 0 saturated carbocycles. The van der Waals surface area contributed by atoms with Gasteiger partial charge in [0.2, 0.25) is 0 Å². The third-order valence-corrected chi connectivity index (χ3v) is 3.54. The van der Waals surface area contributed by atoms with Gasteiger partial charge in [0.25, 0.3) is 0 Å². The number of carbonyl (C=O) groups is 1. The maximum absolute atomic E-state index is 10.9. The number of nitriles is 1. The second kappa shape index (κ2) is 5.26. The highest BCUT2D eigenvalue weighted by molar-refractivity contribution is 7.15. The fourth-order valence-electron chi connectivity index (χ4n) is 1.45. The van der Waals surface area contributed by atoms with Gasteiger partial charge >= 0.3 is 5.97 Å². The summed E-state index contributed by atoms with van der Waals surface area (Å²) in [5.74, 6) is -1.06. The quantitative estimate of drug-likeness (QED) is 0.905. The van der Waals surface area contributed by atoms with Crippen LogP contribution in [0.5, 0.6) is 0 Å². The maximum Gasteiger partial charge on any atom is 0.355 e. The highest BCUT2D eigenvalue weighted by atomic mass is 35.5. The summed E-state index contributed by atoms with van der Waals surface area (Å²) in [6.45, 7) is 1.69. The van der Waals surface area contributed by atoms with Gasteiger partial charge in [-0.1, -0.05) is 11.6 Å². The van der Waals surface area contributed by atoms with Crippen molar-refractivity contribution < 1.29 is 9.90 Å². The Morgan fingerprint density at radius 1 is 1.58 bits per heavy atom. The van der Waals surface area contributed by atoms with E-state index in [2.05, 4.69) is 10.3 Å². The molecule has 0 aliphatic rings. The molecule has 0 fully saturated rings. The average Bonchev–Trinajstić information content (AvgIpc) is 2.73. The van der Waals surface area contributed by atoms with Gasteiger partial charge < -0.3 is 10.4 Å². The number of nitrogens with zero attached hydrogens (tertiary/aromatic N) is 2. The minimum Gasteiger partial charge on any atom is -0.476 e. The predicted molar refractivity (Wildman–Crippen MR) is 73.3 cm³/mol. The molecule has 0 aliphatic carbocycles. The first-order chi connectivity index (χ1) is 9.01. The molecule has 2 aromatic rings. The van der Waals surface area contributed by atoms with Gasteiger partial charge in [0.1, 0.15) is 0 Å². The number of thiazole rings is 1. The van der Waals surface area contributed by atoms with E-state index < -0.39 is 5.97 Å². The van der Waals surface area contributed by atoms with E-state index in [4.69, 9.17) is 22.0 Å². The minimum atomic E-state index is -1.06.